The summed E-state index contributed by atoms with van der Waals surface area (Å²) >= 11 is 1.71. The molecule has 0 amide bonds. The maximum atomic E-state index is 12.8. The lowest BCUT2D eigenvalue weighted by Gasteiger charge is -2.18. The van der Waals surface area contributed by atoms with Crippen molar-refractivity contribution in [3.05, 3.63) is 50.4 Å². The Morgan fingerprint density at radius 1 is 1.30 bits per heavy atom. The van der Waals surface area contributed by atoms with E-state index in [0.717, 1.165) is 59.8 Å². The van der Waals surface area contributed by atoms with Gasteiger partial charge in [0.05, 0.1) is 11.9 Å². The number of nitrogens with one attached hydrogen (secondary N) is 1. The molecular formula is C23H28N3O3S+. The number of fused-ring (bicyclic) bond motifs is 4. The van der Waals surface area contributed by atoms with Crippen molar-refractivity contribution in [3.8, 4) is 11.5 Å². The van der Waals surface area contributed by atoms with E-state index >= 15 is 0 Å². The molecule has 2 aliphatic rings. The van der Waals surface area contributed by atoms with Crippen LogP contribution in [0.1, 0.15) is 48.1 Å². The van der Waals surface area contributed by atoms with Crippen molar-refractivity contribution in [1.29, 1.82) is 0 Å². The van der Waals surface area contributed by atoms with E-state index in [-0.39, 0.29) is 11.6 Å². The van der Waals surface area contributed by atoms with Gasteiger partial charge in [-0.1, -0.05) is 13.0 Å². The molecule has 0 fully saturated rings. The van der Waals surface area contributed by atoms with E-state index in [1.807, 2.05) is 6.07 Å². The molecule has 6 nitrogen and oxygen atoms in total. The number of nitrogens with zero attached hydrogens (tertiary/aromatic N) is 1. The van der Waals surface area contributed by atoms with Gasteiger partial charge in [0.15, 0.2) is 17.3 Å². The van der Waals surface area contributed by atoms with Gasteiger partial charge in [-0.05, 0) is 55.4 Å². The fourth-order valence-corrected chi connectivity index (χ4v) is 5.83. The third-order valence-corrected chi connectivity index (χ3v) is 7.32. The molecule has 0 radical (unpaired) electrons. The van der Waals surface area contributed by atoms with Gasteiger partial charge in [-0.15, -0.1) is 11.3 Å². The summed E-state index contributed by atoms with van der Waals surface area (Å²) in [6, 6.07) is 6.24. The molecule has 0 bridgehead atoms. The number of hydrogen-bond donors (Lipinski definition) is 2. The molecule has 1 aromatic carbocycles. The lowest BCUT2D eigenvalue weighted by molar-refractivity contribution is -0.693. The molecule has 1 aliphatic heterocycles. The topological polar surface area (TPSA) is 80.8 Å². The van der Waals surface area contributed by atoms with Gasteiger partial charge in [-0.2, -0.15) is 0 Å². The molecule has 2 atom stereocenters. The third-order valence-electron chi connectivity index (χ3n) is 6.17. The summed E-state index contributed by atoms with van der Waals surface area (Å²) < 4.78 is 11.3. The molecule has 0 spiro atoms. The van der Waals surface area contributed by atoms with Crippen LogP contribution in [0.25, 0.3) is 10.2 Å². The Hall–Kier alpha value is -2.38. The fourth-order valence-electron chi connectivity index (χ4n) is 4.44. The SMILES string of the molecule is C[C@H]1CCc2c(sc3nc([C@@H](C)[NH2+]CCc4ccc5c(c4)OCCO5)[nH]c(=O)c23)C1. The lowest BCUT2D eigenvalue weighted by atomic mass is 9.89. The molecule has 7 heteroatoms. The number of rotatable bonds is 5. The second kappa shape index (κ2) is 8.04. The number of aromatic nitrogens is 2. The molecule has 3 heterocycles. The van der Waals surface area contributed by atoms with E-state index in [1.54, 1.807) is 11.3 Å². The van der Waals surface area contributed by atoms with E-state index in [1.165, 1.54) is 16.0 Å². The monoisotopic (exact) mass is 426 g/mol. The summed E-state index contributed by atoms with van der Waals surface area (Å²) in [6.07, 6.45) is 4.14. The quantitative estimate of drug-likeness (QED) is 0.657. The standard InChI is InChI=1S/C23H27N3O3S/c1-13-3-5-16-19(11-13)30-23-20(16)22(27)25-21(26-23)14(2)24-8-7-15-4-6-17-18(12-15)29-10-9-28-17/h4,6,12-14,24H,3,5,7-11H2,1-2H3,(H,25,26,27)/p+1/t13-,14+/m0/s1. The Balaban J connectivity index is 1.28. The first-order chi connectivity index (χ1) is 14.6. The highest BCUT2D eigenvalue weighted by atomic mass is 32.1. The predicted octanol–water partition coefficient (Wildman–Crippen LogP) is 2.75. The number of aryl methyl sites for hydroxylation is 1. The number of H-pyrrole nitrogens is 1. The summed E-state index contributed by atoms with van der Waals surface area (Å²) in [6.45, 7) is 6.51. The maximum Gasteiger partial charge on any atom is 0.260 e. The molecule has 0 saturated carbocycles. The Morgan fingerprint density at radius 2 is 2.13 bits per heavy atom. The first-order valence-electron chi connectivity index (χ1n) is 10.8. The molecule has 5 rings (SSSR count). The Bertz CT molecular complexity index is 1140. The largest absolute Gasteiger partial charge is 0.486 e. The van der Waals surface area contributed by atoms with E-state index < -0.39 is 0 Å². The van der Waals surface area contributed by atoms with Crippen LogP contribution in [0.5, 0.6) is 11.5 Å². The van der Waals surface area contributed by atoms with Gasteiger partial charge >= 0.3 is 0 Å². The Kier molecular flexibility index (Phi) is 5.25. The average Bonchev–Trinajstić information content (AvgIpc) is 3.11. The minimum absolute atomic E-state index is 0.0224. The van der Waals surface area contributed by atoms with Crippen LogP contribution in [0, 0.1) is 5.92 Å². The van der Waals surface area contributed by atoms with Gasteiger partial charge in [0.2, 0.25) is 0 Å². The van der Waals surface area contributed by atoms with Gasteiger partial charge in [-0.3, -0.25) is 4.79 Å². The van der Waals surface area contributed by atoms with Crippen molar-refractivity contribution in [2.24, 2.45) is 5.92 Å². The molecule has 1 aliphatic carbocycles. The van der Waals surface area contributed by atoms with Crippen LogP contribution >= 0.6 is 11.3 Å². The van der Waals surface area contributed by atoms with Crippen LogP contribution < -0.4 is 20.3 Å². The van der Waals surface area contributed by atoms with E-state index in [4.69, 9.17) is 14.5 Å². The smallest absolute Gasteiger partial charge is 0.260 e. The van der Waals surface area contributed by atoms with Crippen molar-refractivity contribution >= 4 is 21.6 Å². The number of aromatic amines is 1. The number of ether oxygens (including phenoxy) is 2. The summed E-state index contributed by atoms with van der Waals surface area (Å²) in [5.74, 6) is 3.11. The van der Waals surface area contributed by atoms with Gasteiger partial charge in [0.25, 0.3) is 5.56 Å². The maximum absolute atomic E-state index is 12.8. The van der Waals surface area contributed by atoms with Crippen molar-refractivity contribution < 1.29 is 14.8 Å². The van der Waals surface area contributed by atoms with Crippen molar-refractivity contribution in [1.82, 2.24) is 9.97 Å². The number of benzene rings is 1. The van der Waals surface area contributed by atoms with Gasteiger partial charge in [0, 0.05) is 11.3 Å². The normalized spacial score (nSPS) is 18.9. The molecular weight excluding hydrogens is 398 g/mol. The van der Waals surface area contributed by atoms with E-state index in [9.17, 15) is 4.79 Å². The molecule has 158 valence electrons. The molecule has 0 saturated heterocycles. The highest BCUT2D eigenvalue weighted by Gasteiger charge is 2.24. The van der Waals surface area contributed by atoms with Crippen LogP contribution in [0.3, 0.4) is 0 Å². The second-order valence-electron chi connectivity index (χ2n) is 8.52. The highest BCUT2D eigenvalue weighted by molar-refractivity contribution is 7.18. The predicted molar refractivity (Wildman–Crippen MR) is 118 cm³/mol. The highest BCUT2D eigenvalue weighted by Crippen LogP contribution is 2.35. The van der Waals surface area contributed by atoms with E-state index in [0.29, 0.717) is 19.1 Å². The van der Waals surface area contributed by atoms with Crippen molar-refractivity contribution in [2.45, 2.75) is 45.6 Å². The van der Waals surface area contributed by atoms with Crippen LogP contribution in [0.2, 0.25) is 0 Å². The van der Waals surface area contributed by atoms with Crippen molar-refractivity contribution in [2.75, 3.05) is 19.8 Å². The zero-order valence-corrected chi connectivity index (χ0v) is 18.3. The summed E-state index contributed by atoms with van der Waals surface area (Å²) in [7, 11) is 0. The Morgan fingerprint density at radius 3 is 3.00 bits per heavy atom. The molecule has 2 aromatic heterocycles. The lowest BCUT2D eigenvalue weighted by Crippen LogP contribution is -2.85. The molecule has 30 heavy (non-hydrogen) atoms. The third kappa shape index (κ3) is 3.72. The number of nitrogens with two attached hydrogens (primary N) is 1. The van der Waals surface area contributed by atoms with Crippen molar-refractivity contribution in [3.63, 3.8) is 0 Å². The van der Waals surface area contributed by atoms with Gasteiger partial charge in [0.1, 0.15) is 24.1 Å². The molecule has 3 N–H and O–H groups in total. The van der Waals surface area contributed by atoms with Gasteiger partial charge < -0.3 is 19.8 Å². The number of thiophene rings is 1. The molecule has 0 unspecified atom stereocenters. The fraction of sp³-hybridized carbons (Fsp3) is 0.478. The first kappa shape index (κ1) is 19.6. The Labute approximate surface area is 179 Å². The zero-order valence-electron chi connectivity index (χ0n) is 17.5. The van der Waals surface area contributed by atoms with E-state index in [2.05, 4.69) is 36.3 Å². The minimum Gasteiger partial charge on any atom is -0.486 e. The first-order valence-corrected chi connectivity index (χ1v) is 11.7. The second-order valence-corrected chi connectivity index (χ2v) is 9.61. The van der Waals surface area contributed by atoms with Crippen LogP contribution in [-0.4, -0.2) is 29.7 Å². The number of quaternary nitrogens is 1. The minimum atomic E-state index is 0.0224. The summed E-state index contributed by atoms with van der Waals surface area (Å²) in [5, 5.41) is 3.06. The van der Waals surface area contributed by atoms with Crippen LogP contribution in [0.4, 0.5) is 0 Å². The summed E-state index contributed by atoms with van der Waals surface area (Å²) in [4.78, 5) is 23.0. The average molecular weight is 427 g/mol. The van der Waals surface area contributed by atoms with Crippen LogP contribution in [-0.2, 0) is 19.3 Å². The number of hydrogen-bond acceptors (Lipinski definition) is 5. The van der Waals surface area contributed by atoms with Gasteiger partial charge in [-0.25, -0.2) is 4.98 Å². The zero-order chi connectivity index (χ0) is 20.7. The molecule has 3 aromatic rings. The summed E-state index contributed by atoms with van der Waals surface area (Å²) in [5.41, 5.74) is 2.48. The van der Waals surface area contributed by atoms with Crippen LogP contribution in [0.15, 0.2) is 23.0 Å².